The summed E-state index contributed by atoms with van der Waals surface area (Å²) in [5.41, 5.74) is 4.91. The van der Waals surface area contributed by atoms with Gasteiger partial charge >= 0.3 is 0 Å². The molecule has 31 heavy (non-hydrogen) atoms. The molecule has 0 atom stereocenters. The lowest BCUT2D eigenvalue weighted by Gasteiger charge is -2.11. The highest BCUT2D eigenvalue weighted by Crippen LogP contribution is 2.24. The number of carbonyl (C=O) groups excluding carboxylic acids is 1. The van der Waals surface area contributed by atoms with Crippen LogP contribution in [0.4, 0.5) is 5.69 Å². The molecule has 0 saturated carbocycles. The maximum absolute atomic E-state index is 12.6. The molecule has 2 aromatic heterocycles. The average Bonchev–Trinajstić information content (AvgIpc) is 3.15. The zero-order chi connectivity index (χ0) is 21.6. The number of aryl methyl sites for hydroxylation is 2. The van der Waals surface area contributed by atoms with Crippen molar-refractivity contribution in [3.63, 3.8) is 0 Å². The second kappa shape index (κ2) is 9.57. The molecular formula is C24H23N5OS. The van der Waals surface area contributed by atoms with Gasteiger partial charge < -0.3 is 5.32 Å². The van der Waals surface area contributed by atoms with E-state index in [0.29, 0.717) is 17.5 Å². The van der Waals surface area contributed by atoms with Crippen LogP contribution in [-0.4, -0.2) is 31.4 Å². The first-order valence-corrected chi connectivity index (χ1v) is 11.0. The molecule has 0 saturated heterocycles. The minimum absolute atomic E-state index is 0.0800. The van der Waals surface area contributed by atoms with Gasteiger partial charge in [-0.15, -0.1) is 10.2 Å². The Kier molecular flexibility index (Phi) is 6.43. The molecule has 0 radical (unpaired) electrons. The van der Waals surface area contributed by atoms with Gasteiger partial charge in [0.05, 0.1) is 12.3 Å². The van der Waals surface area contributed by atoms with Gasteiger partial charge in [0.15, 0.2) is 11.0 Å². The van der Waals surface area contributed by atoms with Crippen LogP contribution in [0.2, 0.25) is 0 Å². The number of amides is 1. The molecule has 0 aliphatic heterocycles. The SMILES string of the molecule is Cc1cc(C)cc(NC(=O)CSc2nnc(-c3ccccn3)n2Cc2ccccc2)c1. The van der Waals surface area contributed by atoms with Crippen LogP contribution in [0.25, 0.3) is 11.5 Å². The summed E-state index contributed by atoms with van der Waals surface area (Å²) in [6.07, 6.45) is 1.74. The van der Waals surface area contributed by atoms with Crippen LogP contribution in [0.5, 0.6) is 0 Å². The van der Waals surface area contributed by atoms with Crippen LogP contribution in [0.15, 0.2) is 78.1 Å². The lowest BCUT2D eigenvalue weighted by atomic mass is 10.1. The van der Waals surface area contributed by atoms with Crippen LogP contribution < -0.4 is 5.32 Å². The van der Waals surface area contributed by atoms with Gasteiger partial charge in [0.2, 0.25) is 5.91 Å². The Balaban J connectivity index is 1.53. The minimum Gasteiger partial charge on any atom is -0.325 e. The van der Waals surface area contributed by atoms with Gasteiger partial charge in [-0.25, -0.2) is 0 Å². The van der Waals surface area contributed by atoms with Gasteiger partial charge in [0.25, 0.3) is 0 Å². The Hall–Kier alpha value is -3.45. The fraction of sp³-hybridized carbons (Fsp3) is 0.167. The van der Waals surface area contributed by atoms with E-state index in [4.69, 9.17) is 0 Å². The van der Waals surface area contributed by atoms with Gasteiger partial charge in [-0.3, -0.25) is 14.3 Å². The molecule has 1 N–H and O–H groups in total. The van der Waals surface area contributed by atoms with E-state index in [2.05, 4.69) is 38.7 Å². The van der Waals surface area contributed by atoms with E-state index in [0.717, 1.165) is 28.1 Å². The molecule has 0 bridgehead atoms. The molecule has 2 aromatic carbocycles. The summed E-state index contributed by atoms with van der Waals surface area (Å²) in [4.78, 5) is 17.0. The lowest BCUT2D eigenvalue weighted by molar-refractivity contribution is -0.113. The quantitative estimate of drug-likeness (QED) is 0.430. The fourth-order valence-corrected chi connectivity index (χ4v) is 4.10. The molecule has 2 heterocycles. The molecule has 4 aromatic rings. The third kappa shape index (κ3) is 5.38. The number of thioether (sulfide) groups is 1. The second-order valence-corrected chi connectivity index (χ2v) is 8.25. The van der Waals surface area contributed by atoms with Crippen molar-refractivity contribution in [2.75, 3.05) is 11.1 Å². The summed E-state index contributed by atoms with van der Waals surface area (Å²) < 4.78 is 2.01. The number of hydrogen-bond donors (Lipinski definition) is 1. The predicted octanol–water partition coefficient (Wildman–Crippen LogP) is 4.74. The van der Waals surface area contributed by atoms with Crippen molar-refractivity contribution in [2.45, 2.75) is 25.5 Å². The van der Waals surface area contributed by atoms with Gasteiger partial charge in [-0.1, -0.05) is 54.2 Å². The number of pyridine rings is 1. The largest absolute Gasteiger partial charge is 0.325 e. The lowest BCUT2D eigenvalue weighted by Crippen LogP contribution is -2.15. The van der Waals surface area contributed by atoms with E-state index < -0.39 is 0 Å². The van der Waals surface area contributed by atoms with Gasteiger partial charge in [-0.2, -0.15) is 0 Å². The molecule has 156 valence electrons. The van der Waals surface area contributed by atoms with Crippen LogP contribution in [0, 0.1) is 13.8 Å². The molecule has 0 aliphatic carbocycles. The van der Waals surface area contributed by atoms with Crippen LogP contribution in [-0.2, 0) is 11.3 Å². The van der Waals surface area contributed by atoms with Gasteiger partial charge in [0.1, 0.15) is 5.69 Å². The highest BCUT2D eigenvalue weighted by molar-refractivity contribution is 7.99. The summed E-state index contributed by atoms with van der Waals surface area (Å²) in [7, 11) is 0. The van der Waals surface area contributed by atoms with E-state index in [-0.39, 0.29) is 11.7 Å². The van der Waals surface area contributed by atoms with Crippen molar-refractivity contribution >= 4 is 23.4 Å². The molecule has 0 aliphatic rings. The average molecular weight is 430 g/mol. The highest BCUT2D eigenvalue weighted by atomic mass is 32.2. The van der Waals surface area contributed by atoms with Crippen molar-refractivity contribution in [1.82, 2.24) is 19.7 Å². The van der Waals surface area contributed by atoms with Crippen molar-refractivity contribution in [3.8, 4) is 11.5 Å². The summed E-state index contributed by atoms with van der Waals surface area (Å²) in [5.74, 6) is 0.840. The topological polar surface area (TPSA) is 72.7 Å². The number of hydrogen-bond acceptors (Lipinski definition) is 5. The maximum atomic E-state index is 12.6. The number of nitrogens with one attached hydrogen (secondary N) is 1. The Morgan fingerprint density at radius 3 is 2.42 bits per heavy atom. The Morgan fingerprint density at radius 2 is 1.71 bits per heavy atom. The Morgan fingerprint density at radius 1 is 0.968 bits per heavy atom. The molecule has 6 nitrogen and oxygen atoms in total. The number of carbonyl (C=O) groups is 1. The minimum atomic E-state index is -0.0800. The third-order valence-corrected chi connectivity index (χ3v) is 5.60. The standard InChI is InChI=1S/C24H23N5OS/c1-17-12-18(2)14-20(13-17)26-22(30)16-31-24-28-27-23(21-10-6-7-11-25-21)29(24)15-19-8-4-3-5-9-19/h3-14H,15-16H2,1-2H3,(H,26,30). The number of rotatable bonds is 7. The number of nitrogens with zero attached hydrogens (tertiary/aromatic N) is 4. The van der Waals surface area contributed by atoms with Crippen LogP contribution in [0.1, 0.15) is 16.7 Å². The fourth-order valence-electron chi connectivity index (χ4n) is 3.36. The monoisotopic (exact) mass is 429 g/mol. The molecule has 0 unspecified atom stereocenters. The highest BCUT2D eigenvalue weighted by Gasteiger charge is 2.17. The third-order valence-electron chi connectivity index (χ3n) is 4.63. The van der Waals surface area contributed by atoms with E-state index in [9.17, 15) is 4.79 Å². The summed E-state index contributed by atoms with van der Waals surface area (Å²) in [5, 5.41) is 12.4. The normalized spacial score (nSPS) is 10.8. The molecule has 7 heteroatoms. The first-order chi connectivity index (χ1) is 15.1. The Labute approximate surface area is 185 Å². The van der Waals surface area contributed by atoms with Crippen molar-refractivity contribution in [2.24, 2.45) is 0 Å². The summed E-state index contributed by atoms with van der Waals surface area (Å²) in [6.45, 7) is 4.63. The van der Waals surface area contributed by atoms with E-state index >= 15 is 0 Å². The second-order valence-electron chi connectivity index (χ2n) is 7.31. The van der Waals surface area contributed by atoms with Crippen LogP contribution >= 0.6 is 11.8 Å². The zero-order valence-electron chi connectivity index (χ0n) is 17.4. The van der Waals surface area contributed by atoms with Crippen molar-refractivity contribution < 1.29 is 4.79 Å². The van der Waals surface area contributed by atoms with Crippen molar-refractivity contribution in [3.05, 3.63) is 89.6 Å². The number of benzene rings is 2. The van der Waals surface area contributed by atoms with Crippen molar-refractivity contribution in [1.29, 1.82) is 0 Å². The van der Waals surface area contributed by atoms with E-state index in [1.807, 2.05) is 66.9 Å². The summed E-state index contributed by atoms with van der Waals surface area (Å²) in [6, 6.07) is 21.8. The molecular weight excluding hydrogens is 406 g/mol. The van der Waals surface area contributed by atoms with Gasteiger partial charge in [0, 0.05) is 11.9 Å². The molecule has 0 spiro atoms. The molecule has 4 rings (SSSR count). The number of aromatic nitrogens is 4. The smallest absolute Gasteiger partial charge is 0.234 e. The molecule has 1 amide bonds. The first-order valence-electron chi connectivity index (χ1n) is 9.98. The predicted molar refractivity (Wildman–Crippen MR) is 124 cm³/mol. The Bertz CT molecular complexity index is 1160. The molecule has 0 fully saturated rings. The van der Waals surface area contributed by atoms with E-state index in [1.165, 1.54) is 11.8 Å². The first kappa shape index (κ1) is 20.8. The summed E-state index contributed by atoms with van der Waals surface area (Å²) >= 11 is 1.37. The number of anilines is 1. The maximum Gasteiger partial charge on any atom is 0.234 e. The van der Waals surface area contributed by atoms with Gasteiger partial charge in [-0.05, 0) is 54.8 Å². The van der Waals surface area contributed by atoms with Crippen LogP contribution in [0.3, 0.4) is 0 Å². The van der Waals surface area contributed by atoms with E-state index in [1.54, 1.807) is 6.20 Å². The zero-order valence-corrected chi connectivity index (χ0v) is 18.3.